The molecule has 3 heterocycles. The highest BCUT2D eigenvalue weighted by Gasteiger charge is 2.53. The van der Waals surface area contributed by atoms with Crippen molar-refractivity contribution in [3.63, 3.8) is 0 Å². The van der Waals surface area contributed by atoms with E-state index in [-0.39, 0.29) is 28.5 Å². The average Bonchev–Trinajstić information content (AvgIpc) is 3.18. The first-order chi connectivity index (χ1) is 14.5. The predicted octanol–water partition coefficient (Wildman–Crippen LogP) is 0.318. The number of β-lactam (4-membered cyclic amide) rings is 1. The van der Waals surface area contributed by atoms with Crippen LogP contribution in [-0.4, -0.2) is 66.1 Å². The molecular weight excluding hydrogens is 432 g/mol. The van der Waals surface area contributed by atoms with Gasteiger partial charge >= 0.3 is 5.97 Å². The van der Waals surface area contributed by atoms with Crippen molar-refractivity contribution in [1.82, 2.24) is 19.6 Å². The lowest BCUT2D eigenvalue weighted by molar-refractivity contribution is -0.150. The van der Waals surface area contributed by atoms with Crippen LogP contribution >= 0.6 is 23.3 Å². The lowest BCUT2D eigenvalue weighted by Crippen LogP contribution is -2.70. The topological polar surface area (TPSA) is 160 Å². The fourth-order valence-electron chi connectivity index (χ4n) is 3.25. The number of hydrogen-bond acceptors (Lipinski definition) is 10. The van der Waals surface area contributed by atoms with Crippen LogP contribution in [-0.2, 0) is 19.2 Å². The Morgan fingerprint density at radius 2 is 2.27 bits per heavy atom. The maximum atomic E-state index is 12.9. The van der Waals surface area contributed by atoms with E-state index in [4.69, 9.17) is 10.6 Å². The third-order valence-corrected chi connectivity index (χ3v) is 6.44. The summed E-state index contributed by atoms with van der Waals surface area (Å²) in [5.41, 5.74) is 5.36. The quantitative estimate of drug-likeness (QED) is 0.240. The van der Waals surface area contributed by atoms with Gasteiger partial charge in [0.05, 0.1) is 0 Å². The molecule has 11 nitrogen and oxygen atoms in total. The van der Waals surface area contributed by atoms with E-state index in [9.17, 15) is 19.5 Å². The minimum Gasteiger partial charge on any atom is -0.477 e. The molecule has 0 aromatic carbocycles. The van der Waals surface area contributed by atoms with Crippen molar-refractivity contribution in [1.29, 1.82) is 0 Å². The van der Waals surface area contributed by atoms with Gasteiger partial charge in [0.2, 0.25) is 11.5 Å². The number of amides is 2. The summed E-state index contributed by atoms with van der Waals surface area (Å²) in [6.07, 6.45) is 7.74. The third-order valence-electron chi connectivity index (χ3n) is 4.71. The summed E-state index contributed by atoms with van der Waals surface area (Å²) in [6, 6.07) is -0.888. The van der Waals surface area contributed by atoms with Crippen LogP contribution < -0.4 is 11.1 Å². The molecule has 0 spiro atoms. The number of nitrogen functional groups attached to an aromatic ring is 1. The number of thioether (sulfide) groups is 1. The molecule has 30 heavy (non-hydrogen) atoms. The maximum Gasteiger partial charge on any atom is 0.352 e. The van der Waals surface area contributed by atoms with Gasteiger partial charge in [-0.25, -0.2) is 4.79 Å². The Balaban J connectivity index is 1.50. The minimum atomic E-state index is -1.18. The van der Waals surface area contributed by atoms with E-state index in [2.05, 4.69) is 19.8 Å². The summed E-state index contributed by atoms with van der Waals surface area (Å²) in [5, 5.41) is 15.5. The predicted molar refractivity (Wildman–Crippen MR) is 109 cm³/mol. The van der Waals surface area contributed by atoms with Crippen molar-refractivity contribution in [3.8, 4) is 0 Å². The highest BCUT2D eigenvalue weighted by Crippen LogP contribution is 2.37. The number of oxime groups is 1. The van der Waals surface area contributed by atoms with Crippen LogP contribution in [0.3, 0.4) is 0 Å². The van der Waals surface area contributed by atoms with Crippen LogP contribution in [0.5, 0.6) is 0 Å². The van der Waals surface area contributed by atoms with Crippen molar-refractivity contribution in [2.45, 2.75) is 36.8 Å². The molecule has 4 N–H and O–H groups in total. The second kappa shape index (κ2) is 8.44. The monoisotopic (exact) mass is 450 g/mol. The minimum absolute atomic E-state index is 0.000774. The van der Waals surface area contributed by atoms with Crippen molar-refractivity contribution in [3.05, 3.63) is 29.7 Å². The molecule has 2 aliphatic heterocycles. The number of rotatable bonds is 6. The second-order valence-electron chi connectivity index (χ2n) is 6.68. The van der Waals surface area contributed by atoms with E-state index >= 15 is 0 Å². The Bertz CT molecular complexity index is 974. The third kappa shape index (κ3) is 3.89. The van der Waals surface area contributed by atoms with E-state index < -0.39 is 29.2 Å². The summed E-state index contributed by atoms with van der Waals surface area (Å²) >= 11 is 2.26. The summed E-state index contributed by atoms with van der Waals surface area (Å²) in [5.74, 6) is -1.96. The Labute approximate surface area is 179 Å². The molecule has 1 aliphatic carbocycles. The first-order valence-corrected chi connectivity index (χ1v) is 11.0. The number of nitrogens with zero attached hydrogens (tertiary/aromatic N) is 4. The second-order valence-corrected chi connectivity index (χ2v) is 8.61. The largest absolute Gasteiger partial charge is 0.477 e. The lowest BCUT2D eigenvalue weighted by atomic mass is 10.0. The molecule has 1 aromatic rings. The molecule has 1 saturated heterocycles. The number of carbonyl (C=O) groups is 3. The van der Waals surface area contributed by atoms with Gasteiger partial charge in [0.25, 0.3) is 11.8 Å². The molecule has 4 rings (SSSR count). The first kappa shape index (κ1) is 20.3. The van der Waals surface area contributed by atoms with Crippen molar-refractivity contribution in [2.24, 2.45) is 5.16 Å². The summed E-state index contributed by atoms with van der Waals surface area (Å²) < 4.78 is 4.02. The molecule has 13 heteroatoms. The fraction of sp³-hybridized carbons (Fsp3) is 0.412. The number of nitrogens with two attached hydrogens (primary N) is 1. The van der Waals surface area contributed by atoms with Crippen LogP contribution in [0.25, 0.3) is 0 Å². The van der Waals surface area contributed by atoms with E-state index in [0.717, 1.165) is 30.8 Å². The summed E-state index contributed by atoms with van der Waals surface area (Å²) in [7, 11) is 0. The molecule has 0 saturated carbocycles. The number of nitrogens with one attached hydrogen (secondary N) is 1. The van der Waals surface area contributed by atoms with Gasteiger partial charge in [-0.3, -0.25) is 14.5 Å². The Morgan fingerprint density at radius 3 is 2.93 bits per heavy atom. The Hall–Kier alpha value is -2.93. The van der Waals surface area contributed by atoms with Gasteiger partial charge in [0.1, 0.15) is 23.2 Å². The number of anilines is 1. The normalized spacial score (nSPS) is 25.8. The van der Waals surface area contributed by atoms with Gasteiger partial charge in [0, 0.05) is 17.3 Å². The standard InChI is InChI=1S/C17H18N6O5S2/c18-17-20-12(22-30-17)10(21-28-8-4-2-1-3-5-8)13(24)19-11-14(25)23-9(16(26)27)6-7-29-15(11)23/h2,4,6,8,11,15H,1,3,5,7H2,(H,19,24)(H,26,27)(H2,18,20,22)/t8?,11?,15-/m1/s1. The van der Waals surface area contributed by atoms with Crippen LogP contribution in [0, 0.1) is 0 Å². The number of aromatic nitrogens is 2. The van der Waals surface area contributed by atoms with E-state index in [0.29, 0.717) is 5.75 Å². The van der Waals surface area contributed by atoms with Crippen LogP contribution in [0.1, 0.15) is 25.1 Å². The van der Waals surface area contributed by atoms with Gasteiger partial charge in [-0.1, -0.05) is 11.2 Å². The zero-order chi connectivity index (χ0) is 21.3. The molecule has 0 bridgehead atoms. The number of carboxylic acid groups (broad SMARTS) is 1. The number of aliphatic carboxylic acids is 1. The van der Waals surface area contributed by atoms with Crippen molar-refractivity contribution in [2.75, 3.05) is 11.5 Å². The van der Waals surface area contributed by atoms with Crippen LogP contribution in [0.15, 0.2) is 29.1 Å². The Morgan fingerprint density at radius 1 is 1.43 bits per heavy atom. The van der Waals surface area contributed by atoms with Gasteiger partial charge in [-0.15, -0.1) is 11.8 Å². The van der Waals surface area contributed by atoms with Crippen LogP contribution in [0.4, 0.5) is 5.13 Å². The lowest BCUT2D eigenvalue weighted by Gasteiger charge is -2.48. The van der Waals surface area contributed by atoms with E-state index in [1.54, 1.807) is 0 Å². The highest BCUT2D eigenvalue weighted by molar-refractivity contribution is 8.00. The number of fused-ring (bicyclic) bond motifs is 1. The molecule has 2 amide bonds. The molecule has 2 unspecified atom stereocenters. The van der Waals surface area contributed by atoms with Gasteiger partial charge in [-0.2, -0.15) is 9.36 Å². The molecule has 1 aromatic heterocycles. The van der Waals surface area contributed by atoms with Gasteiger partial charge < -0.3 is 21.0 Å². The van der Waals surface area contributed by atoms with Crippen molar-refractivity contribution >= 4 is 51.9 Å². The smallest absolute Gasteiger partial charge is 0.352 e. The maximum absolute atomic E-state index is 12.9. The molecule has 0 radical (unpaired) electrons. The SMILES string of the molecule is Nc1nc(C(=NOC2C=CCCC2)C(=O)NC2C(=O)N3C(C(=O)O)=CCS[C@H]23)ns1. The van der Waals surface area contributed by atoms with Gasteiger partial charge in [0.15, 0.2) is 5.13 Å². The zero-order valence-electron chi connectivity index (χ0n) is 15.6. The molecular formula is C17H18N6O5S2. The van der Waals surface area contributed by atoms with Crippen LogP contribution in [0.2, 0.25) is 0 Å². The number of carboxylic acids is 1. The van der Waals surface area contributed by atoms with E-state index in [1.807, 2.05) is 12.2 Å². The fourth-order valence-corrected chi connectivity index (χ4v) is 4.88. The molecule has 3 aliphatic rings. The molecule has 158 valence electrons. The Kier molecular flexibility index (Phi) is 5.72. The zero-order valence-corrected chi connectivity index (χ0v) is 17.2. The highest BCUT2D eigenvalue weighted by atomic mass is 32.2. The average molecular weight is 451 g/mol. The number of allylic oxidation sites excluding steroid dienone is 1. The summed E-state index contributed by atoms with van der Waals surface area (Å²) in [4.78, 5) is 47.3. The number of hydrogen-bond donors (Lipinski definition) is 3. The molecule has 1 fully saturated rings. The number of carbonyl (C=O) groups excluding carboxylic acids is 2. The first-order valence-electron chi connectivity index (χ1n) is 9.14. The van der Waals surface area contributed by atoms with Gasteiger partial charge in [-0.05, 0) is 31.4 Å². The molecule has 3 atom stereocenters. The van der Waals surface area contributed by atoms with Crippen molar-refractivity contribution < 1.29 is 24.3 Å². The van der Waals surface area contributed by atoms with E-state index in [1.165, 1.54) is 22.7 Å². The summed E-state index contributed by atoms with van der Waals surface area (Å²) in [6.45, 7) is 0.